The molecule has 3 nitrogen and oxygen atoms in total. The van der Waals surface area contributed by atoms with Gasteiger partial charge in [0.2, 0.25) is 0 Å². The summed E-state index contributed by atoms with van der Waals surface area (Å²) in [6, 6.07) is 5.98. The van der Waals surface area contributed by atoms with Crippen LogP contribution < -0.4 is 5.32 Å². The molecule has 0 aliphatic heterocycles. The van der Waals surface area contributed by atoms with Gasteiger partial charge in [-0.2, -0.15) is 0 Å². The maximum absolute atomic E-state index is 11.3. The standard InChI is InChI=1S/C10H12NO2/c1-2-6-11-10(13)8-4-3-5-9(12)7-8/h3-5,7H,2,6H2,1H3,(H,11,13). The van der Waals surface area contributed by atoms with Gasteiger partial charge in [0.1, 0.15) is 0 Å². The Labute approximate surface area is 77.4 Å². The molecule has 0 aliphatic carbocycles. The van der Waals surface area contributed by atoms with E-state index in [1.54, 1.807) is 12.1 Å². The molecular weight excluding hydrogens is 166 g/mol. The zero-order chi connectivity index (χ0) is 9.68. The predicted molar refractivity (Wildman–Crippen MR) is 49.2 cm³/mol. The van der Waals surface area contributed by atoms with Crippen molar-refractivity contribution in [1.82, 2.24) is 5.32 Å². The number of hydrogen-bond acceptors (Lipinski definition) is 1. The lowest BCUT2D eigenvalue weighted by Gasteiger charge is -2.02. The fourth-order valence-electron chi connectivity index (χ4n) is 0.978. The molecule has 0 heterocycles. The van der Waals surface area contributed by atoms with Crippen LogP contribution in [0.4, 0.5) is 0 Å². The van der Waals surface area contributed by atoms with Gasteiger partial charge >= 0.3 is 0 Å². The Kier molecular flexibility index (Phi) is 3.31. The monoisotopic (exact) mass is 178 g/mol. The highest BCUT2D eigenvalue weighted by molar-refractivity contribution is 5.94. The van der Waals surface area contributed by atoms with Crippen molar-refractivity contribution in [2.24, 2.45) is 0 Å². The Morgan fingerprint density at radius 2 is 2.23 bits per heavy atom. The van der Waals surface area contributed by atoms with Crippen LogP contribution in [0.2, 0.25) is 0 Å². The van der Waals surface area contributed by atoms with Gasteiger partial charge in [0.05, 0.1) is 0 Å². The van der Waals surface area contributed by atoms with Crippen LogP contribution in [0, 0.1) is 0 Å². The van der Waals surface area contributed by atoms with E-state index in [9.17, 15) is 9.90 Å². The van der Waals surface area contributed by atoms with E-state index in [4.69, 9.17) is 0 Å². The molecule has 0 aliphatic rings. The third-order valence-electron chi connectivity index (χ3n) is 1.63. The number of nitrogens with one attached hydrogen (secondary N) is 1. The topological polar surface area (TPSA) is 49.0 Å². The minimum absolute atomic E-state index is 0.135. The van der Waals surface area contributed by atoms with Gasteiger partial charge < -0.3 is 5.32 Å². The van der Waals surface area contributed by atoms with Gasteiger partial charge in [-0.1, -0.05) is 13.0 Å². The van der Waals surface area contributed by atoms with Gasteiger partial charge in [-0.3, -0.25) is 9.90 Å². The Hall–Kier alpha value is -1.51. The second-order valence-corrected chi connectivity index (χ2v) is 2.78. The number of rotatable bonds is 3. The molecule has 69 valence electrons. The highest BCUT2D eigenvalue weighted by Gasteiger charge is 2.04. The molecule has 3 heteroatoms. The van der Waals surface area contributed by atoms with Crippen molar-refractivity contribution in [2.75, 3.05) is 6.54 Å². The summed E-state index contributed by atoms with van der Waals surface area (Å²) in [5.74, 6) is -0.316. The number of benzene rings is 1. The Morgan fingerprint density at radius 1 is 1.46 bits per heavy atom. The molecule has 0 saturated heterocycles. The Bertz CT molecular complexity index is 297. The Balaban J connectivity index is 2.66. The van der Waals surface area contributed by atoms with Crippen molar-refractivity contribution >= 4 is 5.91 Å². The summed E-state index contributed by atoms with van der Waals surface area (Å²) in [6.45, 7) is 2.62. The summed E-state index contributed by atoms with van der Waals surface area (Å²) in [4.78, 5) is 11.3. The fourth-order valence-corrected chi connectivity index (χ4v) is 0.978. The highest BCUT2D eigenvalue weighted by Crippen LogP contribution is 2.11. The molecular formula is C10H12NO2. The number of carbonyl (C=O) groups excluding carboxylic acids is 1. The van der Waals surface area contributed by atoms with Gasteiger partial charge in [0.25, 0.3) is 5.91 Å². The molecule has 1 rings (SSSR count). The van der Waals surface area contributed by atoms with Gasteiger partial charge in [0, 0.05) is 12.1 Å². The smallest absolute Gasteiger partial charge is 0.251 e. The lowest BCUT2D eigenvalue weighted by Crippen LogP contribution is -2.23. The minimum atomic E-state index is -0.181. The molecule has 1 aromatic carbocycles. The molecule has 1 amide bonds. The van der Waals surface area contributed by atoms with E-state index in [1.807, 2.05) is 6.92 Å². The first-order valence-corrected chi connectivity index (χ1v) is 4.29. The Morgan fingerprint density at radius 3 is 2.85 bits per heavy atom. The average molecular weight is 178 g/mol. The molecule has 13 heavy (non-hydrogen) atoms. The normalized spacial score (nSPS) is 9.62. The molecule has 1 aromatic rings. The molecule has 1 radical (unpaired) electrons. The van der Waals surface area contributed by atoms with Crippen molar-refractivity contribution < 1.29 is 9.90 Å². The largest absolute Gasteiger partial charge is 0.352 e. The third-order valence-corrected chi connectivity index (χ3v) is 1.63. The van der Waals surface area contributed by atoms with E-state index in [2.05, 4.69) is 5.32 Å². The lowest BCUT2D eigenvalue weighted by molar-refractivity contribution is 0.0953. The lowest BCUT2D eigenvalue weighted by atomic mass is 10.2. The van der Waals surface area contributed by atoms with Crippen LogP contribution in [0.25, 0.3) is 0 Å². The van der Waals surface area contributed by atoms with Crippen LogP contribution >= 0.6 is 0 Å². The molecule has 0 unspecified atom stereocenters. The second-order valence-electron chi connectivity index (χ2n) is 2.78. The summed E-state index contributed by atoms with van der Waals surface area (Å²) >= 11 is 0. The van der Waals surface area contributed by atoms with Crippen molar-refractivity contribution in [3.63, 3.8) is 0 Å². The van der Waals surface area contributed by atoms with E-state index in [0.29, 0.717) is 12.1 Å². The van der Waals surface area contributed by atoms with E-state index >= 15 is 0 Å². The van der Waals surface area contributed by atoms with E-state index in [1.165, 1.54) is 12.1 Å². The molecule has 0 spiro atoms. The van der Waals surface area contributed by atoms with Crippen LogP contribution in [0.15, 0.2) is 24.3 Å². The summed E-state index contributed by atoms with van der Waals surface area (Å²) in [5, 5.41) is 13.6. The van der Waals surface area contributed by atoms with Crippen LogP contribution in [0.1, 0.15) is 23.7 Å². The van der Waals surface area contributed by atoms with E-state index in [0.717, 1.165) is 6.42 Å². The zero-order valence-electron chi connectivity index (χ0n) is 7.54. The molecule has 0 fully saturated rings. The number of amides is 1. The van der Waals surface area contributed by atoms with E-state index in [-0.39, 0.29) is 11.7 Å². The second kappa shape index (κ2) is 4.50. The van der Waals surface area contributed by atoms with Gasteiger partial charge in [0.15, 0.2) is 5.75 Å². The van der Waals surface area contributed by atoms with E-state index < -0.39 is 0 Å². The quantitative estimate of drug-likeness (QED) is 0.755. The SMILES string of the molecule is CCCNC(=O)c1cccc([O])c1. The van der Waals surface area contributed by atoms with Gasteiger partial charge in [-0.25, -0.2) is 0 Å². The average Bonchev–Trinajstić information content (AvgIpc) is 2.14. The van der Waals surface area contributed by atoms with Crippen LogP contribution in [-0.4, -0.2) is 12.5 Å². The number of carbonyl (C=O) groups is 1. The van der Waals surface area contributed by atoms with Crippen molar-refractivity contribution in [3.8, 4) is 5.75 Å². The molecule has 1 N–H and O–H groups in total. The summed E-state index contributed by atoms with van der Waals surface area (Å²) in [7, 11) is 0. The first-order chi connectivity index (χ1) is 6.24. The fraction of sp³-hybridized carbons (Fsp3) is 0.300. The van der Waals surface area contributed by atoms with Crippen LogP contribution in [0.3, 0.4) is 0 Å². The van der Waals surface area contributed by atoms with Crippen LogP contribution in [-0.2, 0) is 5.11 Å². The summed E-state index contributed by atoms with van der Waals surface area (Å²) in [5.41, 5.74) is 0.431. The van der Waals surface area contributed by atoms with Crippen LogP contribution in [0.5, 0.6) is 5.75 Å². The molecule has 0 saturated carbocycles. The number of hydrogen-bond donors (Lipinski definition) is 1. The molecule has 0 aromatic heterocycles. The zero-order valence-corrected chi connectivity index (χ0v) is 7.54. The van der Waals surface area contributed by atoms with Crippen molar-refractivity contribution in [3.05, 3.63) is 29.8 Å². The minimum Gasteiger partial charge on any atom is -0.352 e. The maximum Gasteiger partial charge on any atom is 0.251 e. The summed E-state index contributed by atoms with van der Waals surface area (Å²) in [6.07, 6.45) is 0.892. The first-order valence-electron chi connectivity index (χ1n) is 4.29. The van der Waals surface area contributed by atoms with Gasteiger partial charge in [-0.05, 0) is 24.6 Å². The first kappa shape index (κ1) is 9.58. The predicted octanol–water partition coefficient (Wildman–Crippen LogP) is 1.97. The van der Waals surface area contributed by atoms with Gasteiger partial charge in [-0.15, -0.1) is 0 Å². The highest BCUT2D eigenvalue weighted by atomic mass is 16.3. The molecule has 0 bridgehead atoms. The van der Waals surface area contributed by atoms with Crippen molar-refractivity contribution in [1.29, 1.82) is 0 Å². The third kappa shape index (κ3) is 2.78. The maximum atomic E-state index is 11.3. The van der Waals surface area contributed by atoms with Crippen molar-refractivity contribution in [2.45, 2.75) is 13.3 Å². The molecule has 0 atom stereocenters. The summed E-state index contributed by atoms with van der Waals surface area (Å²) < 4.78 is 0.